The summed E-state index contributed by atoms with van der Waals surface area (Å²) in [6.45, 7) is 3.84. The molecule has 0 aliphatic heterocycles. The summed E-state index contributed by atoms with van der Waals surface area (Å²) >= 11 is 12.3. The Morgan fingerprint density at radius 2 is 1.84 bits per heavy atom. The Labute approximate surface area is 122 Å². The molecule has 0 saturated heterocycles. The van der Waals surface area contributed by atoms with Gasteiger partial charge in [-0.05, 0) is 49.2 Å². The number of halogens is 3. The van der Waals surface area contributed by atoms with Gasteiger partial charge in [-0.2, -0.15) is 0 Å². The predicted octanol–water partition coefficient (Wildman–Crippen LogP) is 5.61. The second-order valence-corrected chi connectivity index (χ2v) is 5.32. The summed E-state index contributed by atoms with van der Waals surface area (Å²) in [4.78, 5) is 0. The van der Waals surface area contributed by atoms with E-state index < -0.39 is 0 Å². The van der Waals surface area contributed by atoms with E-state index in [0.717, 1.165) is 16.8 Å². The minimum Gasteiger partial charge on any atom is -0.377 e. The molecule has 1 N–H and O–H groups in total. The first-order chi connectivity index (χ1) is 8.97. The van der Waals surface area contributed by atoms with Crippen molar-refractivity contribution in [3.05, 3.63) is 63.4 Å². The van der Waals surface area contributed by atoms with Gasteiger partial charge in [0.2, 0.25) is 0 Å². The van der Waals surface area contributed by atoms with Gasteiger partial charge in [-0.25, -0.2) is 4.39 Å². The van der Waals surface area contributed by atoms with E-state index >= 15 is 0 Å². The third-order valence-corrected chi connectivity index (χ3v) is 3.69. The average Bonchev–Trinajstić information content (AvgIpc) is 2.36. The van der Waals surface area contributed by atoms with Crippen molar-refractivity contribution in [3.63, 3.8) is 0 Å². The highest BCUT2D eigenvalue weighted by Crippen LogP contribution is 2.31. The minimum atomic E-state index is -0.251. The monoisotopic (exact) mass is 297 g/mol. The molecule has 0 amide bonds. The van der Waals surface area contributed by atoms with E-state index in [9.17, 15) is 4.39 Å². The largest absolute Gasteiger partial charge is 0.377 e. The van der Waals surface area contributed by atoms with Crippen LogP contribution in [0.25, 0.3) is 0 Å². The molecule has 19 heavy (non-hydrogen) atoms. The smallest absolute Gasteiger partial charge is 0.123 e. The van der Waals surface area contributed by atoms with Gasteiger partial charge >= 0.3 is 0 Å². The Kier molecular flexibility index (Phi) is 4.33. The Bertz CT molecular complexity index is 599. The van der Waals surface area contributed by atoms with Crippen LogP contribution in [0, 0.1) is 12.7 Å². The SMILES string of the molecule is Cc1cc(Cl)c(NC(C)c2cccc(F)c2)cc1Cl. The number of hydrogen-bond acceptors (Lipinski definition) is 1. The zero-order valence-electron chi connectivity index (χ0n) is 10.7. The Morgan fingerprint density at radius 3 is 2.53 bits per heavy atom. The van der Waals surface area contributed by atoms with Crippen molar-refractivity contribution >= 4 is 28.9 Å². The summed E-state index contributed by atoms with van der Waals surface area (Å²) in [5.74, 6) is -0.251. The number of rotatable bonds is 3. The molecule has 0 bridgehead atoms. The number of anilines is 1. The molecule has 1 nitrogen and oxygen atoms in total. The molecule has 0 fully saturated rings. The number of aryl methyl sites for hydroxylation is 1. The summed E-state index contributed by atoms with van der Waals surface area (Å²) in [6, 6.07) is 10.0. The Morgan fingerprint density at radius 1 is 1.11 bits per heavy atom. The maximum atomic E-state index is 13.2. The van der Waals surface area contributed by atoms with Crippen LogP contribution in [0.1, 0.15) is 24.1 Å². The van der Waals surface area contributed by atoms with Crippen LogP contribution in [0.2, 0.25) is 10.0 Å². The quantitative estimate of drug-likeness (QED) is 0.776. The molecule has 1 unspecified atom stereocenters. The van der Waals surface area contributed by atoms with E-state index in [1.54, 1.807) is 12.1 Å². The molecule has 2 rings (SSSR count). The van der Waals surface area contributed by atoms with Gasteiger partial charge in [0.15, 0.2) is 0 Å². The maximum absolute atomic E-state index is 13.2. The van der Waals surface area contributed by atoms with Crippen LogP contribution in [0.15, 0.2) is 36.4 Å². The lowest BCUT2D eigenvalue weighted by atomic mass is 10.1. The van der Waals surface area contributed by atoms with Crippen molar-refractivity contribution in [1.29, 1.82) is 0 Å². The predicted molar refractivity (Wildman–Crippen MR) is 79.6 cm³/mol. The molecule has 4 heteroatoms. The zero-order valence-corrected chi connectivity index (χ0v) is 12.2. The summed E-state index contributed by atoms with van der Waals surface area (Å²) in [5, 5.41) is 4.49. The molecule has 0 radical (unpaired) electrons. The highest BCUT2D eigenvalue weighted by Gasteiger charge is 2.10. The van der Waals surface area contributed by atoms with E-state index in [0.29, 0.717) is 10.0 Å². The third-order valence-electron chi connectivity index (χ3n) is 2.97. The van der Waals surface area contributed by atoms with Crippen molar-refractivity contribution in [3.8, 4) is 0 Å². The second-order valence-electron chi connectivity index (χ2n) is 4.50. The van der Waals surface area contributed by atoms with Crippen molar-refractivity contribution < 1.29 is 4.39 Å². The van der Waals surface area contributed by atoms with Gasteiger partial charge in [0.05, 0.1) is 10.7 Å². The van der Waals surface area contributed by atoms with Gasteiger partial charge in [-0.15, -0.1) is 0 Å². The van der Waals surface area contributed by atoms with Gasteiger partial charge in [-0.1, -0.05) is 35.3 Å². The topological polar surface area (TPSA) is 12.0 Å². The lowest BCUT2D eigenvalue weighted by molar-refractivity contribution is 0.623. The van der Waals surface area contributed by atoms with E-state index in [1.165, 1.54) is 12.1 Å². The zero-order chi connectivity index (χ0) is 14.0. The third kappa shape index (κ3) is 3.40. The normalized spacial score (nSPS) is 12.3. The van der Waals surface area contributed by atoms with Crippen LogP contribution in [-0.2, 0) is 0 Å². The molecular weight excluding hydrogens is 284 g/mol. The van der Waals surface area contributed by atoms with Gasteiger partial charge in [0.25, 0.3) is 0 Å². The van der Waals surface area contributed by atoms with Crippen molar-refractivity contribution in [1.82, 2.24) is 0 Å². The Balaban J connectivity index is 2.24. The van der Waals surface area contributed by atoms with Crippen molar-refractivity contribution in [2.45, 2.75) is 19.9 Å². The second kappa shape index (κ2) is 5.81. The molecule has 100 valence electrons. The fourth-order valence-electron chi connectivity index (χ4n) is 1.85. The van der Waals surface area contributed by atoms with Crippen LogP contribution in [0.3, 0.4) is 0 Å². The molecule has 0 saturated carbocycles. The molecule has 0 heterocycles. The molecule has 2 aromatic carbocycles. The van der Waals surface area contributed by atoms with E-state index in [2.05, 4.69) is 5.32 Å². The molecule has 1 atom stereocenters. The lowest BCUT2D eigenvalue weighted by Crippen LogP contribution is -2.07. The molecule has 0 aliphatic carbocycles. The Hall–Kier alpha value is -1.25. The first kappa shape index (κ1) is 14.2. The average molecular weight is 298 g/mol. The van der Waals surface area contributed by atoms with E-state index in [1.807, 2.05) is 26.0 Å². The fraction of sp³-hybridized carbons (Fsp3) is 0.200. The van der Waals surface area contributed by atoms with E-state index in [-0.39, 0.29) is 11.9 Å². The first-order valence-corrected chi connectivity index (χ1v) is 6.70. The molecule has 2 aromatic rings. The summed E-state index contributed by atoms with van der Waals surface area (Å²) in [7, 11) is 0. The standard InChI is InChI=1S/C15H14Cl2FN/c1-9-6-14(17)15(8-13(9)16)19-10(2)11-4-3-5-12(18)7-11/h3-8,10,19H,1-2H3. The number of nitrogens with one attached hydrogen (secondary N) is 1. The molecule has 0 aliphatic rings. The van der Waals surface area contributed by atoms with Gasteiger partial charge in [0.1, 0.15) is 5.82 Å². The first-order valence-electron chi connectivity index (χ1n) is 5.95. The number of benzene rings is 2. The maximum Gasteiger partial charge on any atom is 0.123 e. The van der Waals surface area contributed by atoms with Gasteiger partial charge < -0.3 is 5.32 Å². The van der Waals surface area contributed by atoms with Crippen LogP contribution in [-0.4, -0.2) is 0 Å². The summed E-state index contributed by atoms with van der Waals surface area (Å²) < 4.78 is 13.2. The van der Waals surface area contributed by atoms with Crippen LogP contribution < -0.4 is 5.32 Å². The van der Waals surface area contributed by atoms with Gasteiger partial charge in [-0.3, -0.25) is 0 Å². The van der Waals surface area contributed by atoms with Crippen LogP contribution >= 0.6 is 23.2 Å². The van der Waals surface area contributed by atoms with Crippen LogP contribution in [0.5, 0.6) is 0 Å². The van der Waals surface area contributed by atoms with Gasteiger partial charge in [0, 0.05) is 11.1 Å². The fourth-order valence-corrected chi connectivity index (χ4v) is 2.29. The van der Waals surface area contributed by atoms with Crippen molar-refractivity contribution in [2.24, 2.45) is 0 Å². The highest BCUT2D eigenvalue weighted by molar-refractivity contribution is 6.35. The summed E-state index contributed by atoms with van der Waals surface area (Å²) in [6.07, 6.45) is 0. The van der Waals surface area contributed by atoms with E-state index in [4.69, 9.17) is 23.2 Å². The molecule has 0 spiro atoms. The van der Waals surface area contributed by atoms with Crippen LogP contribution in [0.4, 0.5) is 10.1 Å². The highest BCUT2D eigenvalue weighted by atomic mass is 35.5. The van der Waals surface area contributed by atoms with Crippen molar-refractivity contribution in [2.75, 3.05) is 5.32 Å². The number of hydrogen-bond donors (Lipinski definition) is 1. The molecular formula is C15H14Cl2FN. The minimum absolute atomic E-state index is 0.0630. The summed E-state index contributed by atoms with van der Waals surface area (Å²) in [5.41, 5.74) is 2.53. The molecule has 0 aromatic heterocycles. The lowest BCUT2D eigenvalue weighted by Gasteiger charge is -2.17.